The van der Waals surface area contributed by atoms with Gasteiger partial charge in [-0.05, 0) is 24.1 Å². The van der Waals surface area contributed by atoms with Crippen molar-refractivity contribution in [3.63, 3.8) is 0 Å². The van der Waals surface area contributed by atoms with Crippen molar-refractivity contribution in [2.24, 2.45) is 5.11 Å². The van der Waals surface area contributed by atoms with Gasteiger partial charge in [0, 0.05) is 29.3 Å². The molecule has 1 aromatic carbocycles. The molecule has 0 saturated carbocycles. The first kappa shape index (κ1) is 23.2. The summed E-state index contributed by atoms with van der Waals surface area (Å²) in [6.45, 7) is 2.71. The summed E-state index contributed by atoms with van der Waals surface area (Å²) in [5.41, 5.74) is 8.80. The second-order valence-electron chi connectivity index (χ2n) is 6.51. The molecule has 1 unspecified atom stereocenters. The number of rotatable bonds is 11. The average molecular weight is 433 g/mol. The van der Waals surface area contributed by atoms with Gasteiger partial charge in [0.2, 0.25) is 5.91 Å². The highest BCUT2D eigenvalue weighted by Gasteiger charge is 2.42. The van der Waals surface area contributed by atoms with Crippen molar-refractivity contribution in [3.05, 3.63) is 40.3 Å². The number of thioether (sulfide) groups is 1. The Morgan fingerprint density at radius 3 is 2.70 bits per heavy atom. The summed E-state index contributed by atoms with van der Waals surface area (Å²) < 4.78 is 0. The van der Waals surface area contributed by atoms with E-state index < -0.39 is 23.0 Å². The number of nitrogens with zero attached hydrogens (tertiary/aromatic N) is 4. The highest BCUT2D eigenvalue weighted by Crippen LogP contribution is 2.26. The summed E-state index contributed by atoms with van der Waals surface area (Å²) in [5, 5.41) is 5.99. The molecule has 0 aliphatic carbocycles. The molecule has 1 atom stereocenters. The summed E-state index contributed by atoms with van der Waals surface area (Å²) in [4.78, 5) is 56.0. The maximum Gasteiger partial charge on any atom is 0.363 e. The molecular formula is C19H23N5O5S. The Kier molecular flexibility index (Phi) is 9.17. The molecule has 1 N–H and O–H groups in total. The van der Waals surface area contributed by atoms with Crippen LogP contribution in [0.3, 0.4) is 0 Å². The highest BCUT2D eigenvalue weighted by molar-refractivity contribution is 8.00. The average Bonchev–Trinajstić information content (AvgIpc) is 2.99. The molecule has 0 aromatic heterocycles. The fourth-order valence-corrected chi connectivity index (χ4v) is 3.73. The van der Waals surface area contributed by atoms with Crippen LogP contribution in [0.4, 0.5) is 5.69 Å². The van der Waals surface area contributed by atoms with E-state index in [0.29, 0.717) is 23.0 Å². The minimum absolute atomic E-state index is 0.0925. The lowest BCUT2D eigenvalue weighted by atomic mass is 10.2. The van der Waals surface area contributed by atoms with Crippen LogP contribution in [0.25, 0.3) is 10.4 Å². The Balaban J connectivity index is 1.80. The lowest BCUT2D eigenvalue weighted by Crippen LogP contribution is -2.34. The summed E-state index contributed by atoms with van der Waals surface area (Å²) >= 11 is 1.19. The van der Waals surface area contributed by atoms with Crippen molar-refractivity contribution in [1.82, 2.24) is 10.4 Å². The third-order valence-electron chi connectivity index (χ3n) is 4.25. The predicted octanol–water partition coefficient (Wildman–Crippen LogP) is 3.26. The zero-order valence-electron chi connectivity index (χ0n) is 16.6. The van der Waals surface area contributed by atoms with Gasteiger partial charge in [0.1, 0.15) is 0 Å². The van der Waals surface area contributed by atoms with Gasteiger partial charge in [-0.15, -0.1) is 16.8 Å². The van der Waals surface area contributed by atoms with Gasteiger partial charge in [0.15, 0.2) is 0 Å². The standard InChI is InChI=1S/C19H23N5O5S/c1-2-3-4-10-21-16(25)9-11-30-15-12-17(26)24(18(15)27)29-19(28)13-5-7-14(8-6-13)22-23-20/h5-8,15H,2-4,9-12H2,1H3,(H,21,25). The van der Waals surface area contributed by atoms with Gasteiger partial charge in [-0.25, -0.2) is 4.79 Å². The van der Waals surface area contributed by atoms with Crippen molar-refractivity contribution in [3.8, 4) is 0 Å². The monoisotopic (exact) mass is 433 g/mol. The van der Waals surface area contributed by atoms with Gasteiger partial charge in [-0.1, -0.05) is 37.0 Å². The molecule has 1 aliphatic rings. The van der Waals surface area contributed by atoms with Crippen LogP contribution in [0.15, 0.2) is 29.4 Å². The van der Waals surface area contributed by atoms with Crippen molar-refractivity contribution in [2.45, 2.75) is 44.3 Å². The lowest BCUT2D eigenvalue weighted by molar-refractivity contribution is -0.172. The highest BCUT2D eigenvalue weighted by atomic mass is 32.2. The van der Waals surface area contributed by atoms with Crippen molar-refractivity contribution in [1.29, 1.82) is 0 Å². The Morgan fingerprint density at radius 2 is 2.03 bits per heavy atom. The Bertz CT molecular complexity index is 838. The summed E-state index contributed by atoms with van der Waals surface area (Å²) in [5.74, 6) is -1.82. The number of carbonyl (C=O) groups is 4. The van der Waals surface area contributed by atoms with E-state index in [-0.39, 0.29) is 24.3 Å². The van der Waals surface area contributed by atoms with Crippen molar-refractivity contribution >= 4 is 41.1 Å². The topological polar surface area (TPSA) is 142 Å². The smallest absolute Gasteiger partial charge is 0.356 e. The fraction of sp³-hybridized carbons (Fsp3) is 0.474. The quantitative estimate of drug-likeness (QED) is 0.187. The van der Waals surface area contributed by atoms with E-state index in [1.54, 1.807) is 0 Å². The second-order valence-corrected chi connectivity index (χ2v) is 7.82. The van der Waals surface area contributed by atoms with Crippen molar-refractivity contribution < 1.29 is 24.0 Å². The number of azide groups is 1. The molecule has 0 bridgehead atoms. The van der Waals surface area contributed by atoms with E-state index in [1.165, 1.54) is 36.0 Å². The molecule has 160 valence electrons. The maximum atomic E-state index is 12.4. The number of carbonyl (C=O) groups excluding carboxylic acids is 4. The number of hydroxylamine groups is 2. The minimum atomic E-state index is -0.874. The van der Waals surface area contributed by atoms with Crippen LogP contribution in [-0.2, 0) is 19.2 Å². The van der Waals surface area contributed by atoms with E-state index in [0.717, 1.165) is 19.3 Å². The van der Waals surface area contributed by atoms with E-state index in [1.807, 2.05) is 0 Å². The van der Waals surface area contributed by atoms with Crippen LogP contribution in [0.2, 0.25) is 0 Å². The number of imide groups is 1. The molecule has 11 heteroatoms. The van der Waals surface area contributed by atoms with Crippen molar-refractivity contribution in [2.75, 3.05) is 12.3 Å². The van der Waals surface area contributed by atoms with Crippen LogP contribution in [0.5, 0.6) is 0 Å². The SMILES string of the molecule is CCCCCNC(=O)CCSC1CC(=O)N(OC(=O)c2ccc(N=[N+]=[N-])cc2)C1=O. The van der Waals surface area contributed by atoms with Crippen LogP contribution >= 0.6 is 11.8 Å². The number of nitrogens with one attached hydrogen (secondary N) is 1. The lowest BCUT2D eigenvalue weighted by Gasteiger charge is -2.13. The Hall–Kier alpha value is -3.04. The maximum absolute atomic E-state index is 12.4. The van der Waals surface area contributed by atoms with Crippen LogP contribution < -0.4 is 5.32 Å². The number of hydrogen-bond acceptors (Lipinski definition) is 7. The molecule has 30 heavy (non-hydrogen) atoms. The summed E-state index contributed by atoms with van der Waals surface area (Å²) in [6, 6.07) is 5.55. The Morgan fingerprint density at radius 1 is 1.30 bits per heavy atom. The van der Waals surface area contributed by atoms with E-state index >= 15 is 0 Å². The number of amides is 3. The third kappa shape index (κ3) is 6.78. The normalized spacial score (nSPS) is 15.6. The summed E-state index contributed by atoms with van der Waals surface area (Å²) in [7, 11) is 0. The van der Waals surface area contributed by atoms with E-state index in [4.69, 9.17) is 10.4 Å². The third-order valence-corrected chi connectivity index (χ3v) is 5.46. The molecule has 2 rings (SSSR count). The first-order valence-corrected chi connectivity index (χ1v) is 10.6. The fourth-order valence-electron chi connectivity index (χ4n) is 2.65. The van der Waals surface area contributed by atoms with Crippen LogP contribution in [-0.4, -0.2) is 46.3 Å². The molecule has 0 spiro atoms. The van der Waals surface area contributed by atoms with Gasteiger partial charge >= 0.3 is 5.97 Å². The van der Waals surface area contributed by atoms with Gasteiger partial charge in [0.25, 0.3) is 11.8 Å². The predicted molar refractivity (Wildman–Crippen MR) is 111 cm³/mol. The molecule has 0 radical (unpaired) electrons. The van der Waals surface area contributed by atoms with Crippen LogP contribution in [0, 0.1) is 0 Å². The second kappa shape index (κ2) is 11.8. The molecule has 1 saturated heterocycles. The van der Waals surface area contributed by atoms with E-state index in [2.05, 4.69) is 22.3 Å². The van der Waals surface area contributed by atoms with Gasteiger partial charge in [0.05, 0.1) is 17.2 Å². The minimum Gasteiger partial charge on any atom is -0.356 e. The Labute approximate surface area is 177 Å². The number of hydrogen-bond donors (Lipinski definition) is 1. The van der Waals surface area contributed by atoms with Gasteiger partial charge in [-0.2, -0.15) is 0 Å². The first-order chi connectivity index (χ1) is 14.5. The molecular weight excluding hydrogens is 410 g/mol. The molecule has 1 aliphatic heterocycles. The summed E-state index contributed by atoms with van der Waals surface area (Å²) in [6.07, 6.45) is 3.21. The number of unbranched alkanes of at least 4 members (excludes halogenated alkanes) is 2. The van der Waals surface area contributed by atoms with Gasteiger partial charge < -0.3 is 10.2 Å². The van der Waals surface area contributed by atoms with E-state index in [9.17, 15) is 19.2 Å². The molecule has 3 amide bonds. The largest absolute Gasteiger partial charge is 0.363 e. The van der Waals surface area contributed by atoms with Gasteiger partial charge in [-0.3, -0.25) is 14.4 Å². The zero-order valence-corrected chi connectivity index (χ0v) is 17.4. The van der Waals surface area contributed by atoms with Crippen LogP contribution in [0.1, 0.15) is 49.4 Å². The molecule has 10 nitrogen and oxygen atoms in total. The number of benzene rings is 1. The molecule has 1 heterocycles. The zero-order chi connectivity index (χ0) is 21.9. The first-order valence-electron chi connectivity index (χ1n) is 9.58. The molecule has 1 fully saturated rings. The molecule has 1 aromatic rings.